The van der Waals surface area contributed by atoms with Gasteiger partial charge in [-0.3, -0.25) is 4.79 Å². The van der Waals surface area contributed by atoms with E-state index >= 15 is 0 Å². The molecule has 2 unspecified atom stereocenters. The summed E-state index contributed by atoms with van der Waals surface area (Å²) in [5, 5.41) is 6.90. The molecule has 232 valence electrons. The molecule has 1 aliphatic carbocycles. The Balaban J connectivity index is 0.000000769. The van der Waals surface area contributed by atoms with Crippen molar-refractivity contribution >= 4 is 11.9 Å². The zero-order chi connectivity index (χ0) is 31.8. The van der Waals surface area contributed by atoms with Gasteiger partial charge in [0.05, 0.1) is 24.9 Å². The number of aryl methyl sites for hydroxylation is 1. The number of pyridine rings is 1. The molecular weight excluding hydrogens is 527 g/mol. The normalized spacial score (nSPS) is 15.1. The van der Waals surface area contributed by atoms with Gasteiger partial charge in [0.1, 0.15) is 11.9 Å². The number of rotatable bonds is 6. The SMILES string of the molecule is CC(F)F.CCC.CCC.CCC(C)(C)c1ccc2c(-c3cc(C)c(C)c(OC)c3)cnn2c1.O=CNC1CC1F. The summed E-state index contributed by atoms with van der Waals surface area (Å²) in [6, 6.07) is 8.54. The predicted octanol–water partition coefficient (Wildman–Crippen LogP) is 9.26. The van der Waals surface area contributed by atoms with Crippen LogP contribution in [0.2, 0.25) is 0 Å². The lowest BCUT2D eigenvalue weighted by atomic mass is 9.83. The van der Waals surface area contributed by atoms with Crippen LogP contribution in [0.1, 0.15) is 97.8 Å². The lowest BCUT2D eigenvalue weighted by Crippen LogP contribution is -2.16. The van der Waals surface area contributed by atoms with E-state index in [1.54, 1.807) is 7.11 Å². The Morgan fingerprint density at radius 2 is 1.66 bits per heavy atom. The van der Waals surface area contributed by atoms with Crippen molar-refractivity contribution in [2.24, 2.45) is 0 Å². The summed E-state index contributed by atoms with van der Waals surface area (Å²) in [5.74, 6) is 0.924. The van der Waals surface area contributed by atoms with Gasteiger partial charge in [0.25, 0.3) is 0 Å². The molecular formula is C33H52F3N3O2. The first-order chi connectivity index (χ1) is 19.3. The van der Waals surface area contributed by atoms with Gasteiger partial charge in [-0.1, -0.05) is 73.4 Å². The fraction of sp³-hybridized carbons (Fsp3) is 0.576. The van der Waals surface area contributed by atoms with Crippen LogP contribution in [0.5, 0.6) is 5.75 Å². The summed E-state index contributed by atoms with van der Waals surface area (Å²) >= 11 is 0. The summed E-state index contributed by atoms with van der Waals surface area (Å²) < 4.78 is 39.9. The monoisotopic (exact) mass is 579 g/mol. The molecule has 0 bridgehead atoms. The third kappa shape index (κ3) is 13.0. The summed E-state index contributed by atoms with van der Waals surface area (Å²) in [6.45, 7) is 20.3. The second-order valence-electron chi connectivity index (χ2n) is 10.7. The largest absolute Gasteiger partial charge is 0.496 e. The minimum absolute atomic E-state index is 0.157. The molecule has 8 heteroatoms. The first-order valence-corrected chi connectivity index (χ1v) is 14.5. The fourth-order valence-electron chi connectivity index (χ4n) is 3.43. The highest BCUT2D eigenvalue weighted by atomic mass is 19.3. The highest BCUT2D eigenvalue weighted by Gasteiger charge is 2.36. The predicted molar refractivity (Wildman–Crippen MR) is 166 cm³/mol. The Morgan fingerprint density at radius 1 is 1.12 bits per heavy atom. The van der Waals surface area contributed by atoms with Crippen LogP contribution in [0.15, 0.2) is 36.7 Å². The summed E-state index contributed by atoms with van der Waals surface area (Å²) in [7, 11) is 1.72. The van der Waals surface area contributed by atoms with Crippen LogP contribution in [-0.2, 0) is 10.2 Å². The maximum Gasteiger partial charge on any atom is 0.235 e. The second kappa shape index (κ2) is 19.2. The Bertz CT molecular complexity index is 1160. The Hall–Kier alpha value is -3.03. The van der Waals surface area contributed by atoms with Crippen molar-refractivity contribution in [3.8, 4) is 16.9 Å². The molecule has 1 N–H and O–H groups in total. The molecule has 41 heavy (non-hydrogen) atoms. The molecule has 3 aromatic rings. The van der Waals surface area contributed by atoms with Crippen molar-refractivity contribution in [2.45, 2.75) is 119 Å². The average Bonchev–Trinajstić information content (AvgIpc) is 3.44. The second-order valence-corrected chi connectivity index (χ2v) is 10.7. The van der Waals surface area contributed by atoms with Gasteiger partial charge in [0.2, 0.25) is 12.8 Å². The number of hydrogen-bond donors (Lipinski definition) is 1. The van der Waals surface area contributed by atoms with Gasteiger partial charge in [-0.2, -0.15) is 5.10 Å². The number of fused-ring (bicyclic) bond motifs is 1. The molecule has 1 aliphatic rings. The van der Waals surface area contributed by atoms with Crippen molar-refractivity contribution in [1.29, 1.82) is 0 Å². The lowest BCUT2D eigenvalue weighted by Gasteiger charge is -2.23. The van der Waals surface area contributed by atoms with Crippen LogP contribution in [0.4, 0.5) is 13.2 Å². The van der Waals surface area contributed by atoms with Crippen LogP contribution >= 0.6 is 0 Å². The zero-order valence-corrected chi connectivity index (χ0v) is 26.9. The molecule has 4 rings (SSSR count). The highest BCUT2D eigenvalue weighted by Crippen LogP contribution is 2.33. The number of halogens is 3. The summed E-state index contributed by atoms with van der Waals surface area (Å²) in [5.41, 5.74) is 7.28. The standard InChI is InChI=1S/C21H26N2O.C4H6FNO.2C3H8.C2H4F2/c1-7-21(4,5)17-8-9-19-18(12-22-23(19)13-17)16-10-14(2)15(3)20(11-16)24-6;5-3-1-4(3)6-2-7;2*1-3-2;1-2(3)4/h8-13H,7H2,1-6H3;2-4H,1H2,(H,6,7);2*3H2,1-2H3;2H,1H3. The van der Waals surface area contributed by atoms with Gasteiger partial charge in [0, 0.05) is 18.2 Å². The third-order valence-electron chi connectivity index (χ3n) is 6.33. The van der Waals surface area contributed by atoms with Crippen molar-refractivity contribution in [3.63, 3.8) is 0 Å². The number of nitrogens with zero attached hydrogens (tertiary/aromatic N) is 2. The molecule has 2 aromatic heterocycles. The number of alkyl halides is 3. The van der Waals surface area contributed by atoms with Crippen molar-refractivity contribution < 1.29 is 22.7 Å². The minimum atomic E-state index is -2.17. The smallest absolute Gasteiger partial charge is 0.235 e. The maximum atomic E-state index is 11.7. The van der Waals surface area contributed by atoms with Gasteiger partial charge in [-0.15, -0.1) is 0 Å². The van der Waals surface area contributed by atoms with E-state index in [9.17, 15) is 18.0 Å². The van der Waals surface area contributed by atoms with Crippen LogP contribution in [0.3, 0.4) is 0 Å². The van der Waals surface area contributed by atoms with E-state index in [2.05, 4.69) is 103 Å². The third-order valence-corrected chi connectivity index (χ3v) is 6.33. The Morgan fingerprint density at radius 3 is 2.07 bits per heavy atom. The molecule has 0 saturated heterocycles. The number of ether oxygens (including phenoxy) is 1. The average molecular weight is 580 g/mol. The number of nitrogens with one attached hydrogen (secondary N) is 1. The number of methoxy groups -OCH3 is 1. The van der Waals surface area contributed by atoms with E-state index in [-0.39, 0.29) is 11.5 Å². The number of aromatic nitrogens is 2. The van der Waals surface area contributed by atoms with E-state index in [1.165, 1.54) is 29.5 Å². The Labute approximate surface area is 245 Å². The molecule has 1 fully saturated rings. The maximum absolute atomic E-state index is 11.7. The quantitative estimate of drug-likeness (QED) is 0.296. The van der Waals surface area contributed by atoms with Gasteiger partial charge in [-0.05, 0) is 67.0 Å². The number of carbonyl (C=O) groups is 1. The molecule has 5 nitrogen and oxygen atoms in total. The summed E-state index contributed by atoms with van der Waals surface area (Å²) in [4.78, 5) is 9.52. The lowest BCUT2D eigenvalue weighted by molar-refractivity contribution is -0.109. The summed E-state index contributed by atoms with van der Waals surface area (Å²) in [6.07, 6.45) is 5.79. The van der Waals surface area contributed by atoms with Crippen molar-refractivity contribution in [2.75, 3.05) is 7.11 Å². The van der Waals surface area contributed by atoms with Gasteiger partial charge in [-0.25, -0.2) is 17.7 Å². The highest BCUT2D eigenvalue weighted by molar-refractivity contribution is 5.81. The first-order valence-electron chi connectivity index (χ1n) is 14.5. The van der Waals surface area contributed by atoms with Crippen LogP contribution in [0.25, 0.3) is 16.6 Å². The minimum Gasteiger partial charge on any atom is -0.496 e. The number of hydrogen-bond acceptors (Lipinski definition) is 3. The number of carbonyl (C=O) groups excluding carboxylic acids is 1. The van der Waals surface area contributed by atoms with E-state index in [0.717, 1.165) is 35.7 Å². The van der Waals surface area contributed by atoms with E-state index in [1.807, 2.05) is 10.7 Å². The van der Waals surface area contributed by atoms with E-state index in [0.29, 0.717) is 12.8 Å². The molecule has 0 aliphatic heterocycles. The van der Waals surface area contributed by atoms with Crippen LogP contribution in [0, 0.1) is 13.8 Å². The van der Waals surface area contributed by atoms with E-state index < -0.39 is 12.6 Å². The number of benzene rings is 1. The van der Waals surface area contributed by atoms with E-state index in [4.69, 9.17) is 4.74 Å². The first kappa shape index (κ1) is 38.0. The molecule has 2 heterocycles. The van der Waals surface area contributed by atoms with Crippen molar-refractivity contribution in [3.05, 3.63) is 53.3 Å². The number of amides is 1. The molecule has 0 radical (unpaired) electrons. The molecule has 1 aromatic carbocycles. The van der Waals surface area contributed by atoms with Crippen LogP contribution < -0.4 is 10.1 Å². The fourth-order valence-corrected chi connectivity index (χ4v) is 3.43. The Kier molecular flexibility index (Phi) is 17.7. The van der Waals surface area contributed by atoms with Gasteiger partial charge >= 0.3 is 0 Å². The molecule has 1 amide bonds. The van der Waals surface area contributed by atoms with Crippen molar-refractivity contribution in [1.82, 2.24) is 14.9 Å². The molecule has 1 saturated carbocycles. The molecule has 2 atom stereocenters. The van der Waals surface area contributed by atoms with Gasteiger partial charge < -0.3 is 10.1 Å². The molecule has 0 spiro atoms. The topological polar surface area (TPSA) is 55.6 Å². The van der Waals surface area contributed by atoms with Crippen LogP contribution in [-0.4, -0.2) is 41.8 Å². The zero-order valence-electron chi connectivity index (χ0n) is 26.9. The van der Waals surface area contributed by atoms with Gasteiger partial charge in [0.15, 0.2) is 0 Å².